The summed E-state index contributed by atoms with van der Waals surface area (Å²) in [6.07, 6.45) is 11.7. The summed E-state index contributed by atoms with van der Waals surface area (Å²) in [6, 6.07) is 8.14. The molecule has 3 heterocycles. The fourth-order valence-electron chi connectivity index (χ4n) is 4.47. The lowest BCUT2D eigenvalue weighted by atomic mass is 9.87. The molecule has 0 bridgehead atoms. The van der Waals surface area contributed by atoms with E-state index < -0.39 is 10.0 Å². The highest BCUT2D eigenvalue weighted by Gasteiger charge is 2.21. The number of fused-ring (bicyclic) bond motifs is 1. The molecule has 1 saturated carbocycles. The molecule has 0 aromatic carbocycles. The van der Waals surface area contributed by atoms with Crippen LogP contribution in [0, 0.1) is 11.3 Å². The summed E-state index contributed by atoms with van der Waals surface area (Å²) in [6.45, 7) is 0. The van der Waals surface area contributed by atoms with Crippen molar-refractivity contribution in [2.45, 2.75) is 50.9 Å². The topological polar surface area (TPSA) is 103 Å². The Morgan fingerprint density at radius 2 is 2.00 bits per heavy atom. The van der Waals surface area contributed by atoms with Crippen molar-refractivity contribution < 1.29 is 8.42 Å². The molecule has 1 N–H and O–H groups in total. The van der Waals surface area contributed by atoms with Gasteiger partial charge in [0.1, 0.15) is 17.5 Å². The van der Waals surface area contributed by atoms with Gasteiger partial charge in [0.05, 0.1) is 11.8 Å². The molecule has 7 nitrogen and oxygen atoms in total. The van der Waals surface area contributed by atoms with Gasteiger partial charge in [0.2, 0.25) is 10.0 Å². The molecule has 31 heavy (non-hydrogen) atoms. The van der Waals surface area contributed by atoms with Crippen LogP contribution in [0.2, 0.25) is 0 Å². The van der Waals surface area contributed by atoms with Crippen molar-refractivity contribution in [3.05, 3.63) is 53.0 Å². The maximum absolute atomic E-state index is 12.0. The van der Waals surface area contributed by atoms with E-state index in [-0.39, 0.29) is 0 Å². The Labute approximate surface area is 183 Å². The molecule has 0 atom stereocenters. The second-order valence-electron chi connectivity index (χ2n) is 8.30. The first-order valence-electron chi connectivity index (χ1n) is 10.7. The minimum absolute atomic E-state index is 0.422. The molecule has 0 spiro atoms. The number of aryl methyl sites for hydroxylation is 2. The second-order valence-corrected chi connectivity index (χ2v) is 10.3. The van der Waals surface area contributed by atoms with E-state index in [9.17, 15) is 13.7 Å². The van der Waals surface area contributed by atoms with Gasteiger partial charge in [0, 0.05) is 30.5 Å². The fourth-order valence-corrected chi connectivity index (χ4v) is 4.95. The smallest absolute Gasteiger partial charge is 0.233 e. The largest absolute Gasteiger partial charge is 0.343 e. The number of pyridine rings is 2. The number of nitriles is 1. The molecule has 162 valence electrons. The quantitative estimate of drug-likeness (QED) is 0.626. The second kappa shape index (κ2) is 8.67. The number of hydrogen-bond donors (Lipinski definition) is 1. The molecule has 0 amide bonds. The van der Waals surface area contributed by atoms with Gasteiger partial charge >= 0.3 is 0 Å². The number of H-pyrrole nitrogens is 1. The monoisotopic (exact) mass is 437 g/mol. The molecule has 3 aromatic heterocycles. The highest BCUT2D eigenvalue weighted by Crippen LogP contribution is 2.35. The zero-order valence-electron chi connectivity index (χ0n) is 17.9. The lowest BCUT2D eigenvalue weighted by molar-refractivity contribution is 0.438. The number of nitrogens with one attached hydrogen (secondary N) is 1. The minimum Gasteiger partial charge on any atom is -0.343 e. The Balaban J connectivity index is 1.67. The Morgan fingerprint density at radius 3 is 2.71 bits per heavy atom. The molecule has 0 unspecified atom stereocenters. The standard InChI is InChI=1S/C23H27N5O2S/c1-28(31(2,29)30)23-17(9-6-12-25-23)10-11-19-18(14-24)15-26-22-20(19)13-21(27-22)16-7-4-3-5-8-16/h6,9,12-13,15-16H,3-5,7-8,10-11H2,1-2H3,(H,26,27). The van der Waals surface area contributed by atoms with E-state index in [1.807, 2.05) is 6.07 Å². The van der Waals surface area contributed by atoms with Crippen LogP contribution < -0.4 is 4.31 Å². The van der Waals surface area contributed by atoms with E-state index in [4.69, 9.17) is 0 Å². The van der Waals surface area contributed by atoms with Gasteiger partial charge in [-0.05, 0) is 54.9 Å². The number of aromatic nitrogens is 3. The molecule has 0 saturated heterocycles. The molecule has 8 heteroatoms. The van der Waals surface area contributed by atoms with Crippen LogP contribution in [-0.4, -0.2) is 36.7 Å². The Morgan fingerprint density at radius 1 is 1.23 bits per heavy atom. The third-order valence-electron chi connectivity index (χ3n) is 6.26. The molecule has 4 rings (SSSR count). The highest BCUT2D eigenvalue weighted by molar-refractivity contribution is 7.92. The van der Waals surface area contributed by atoms with E-state index in [0.29, 0.717) is 30.1 Å². The maximum Gasteiger partial charge on any atom is 0.233 e. The van der Waals surface area contributed by atoms with E-state index in [1.165, 1.54) is 49.2 Å². The van der Waals surface area contributed by atoms with Gasteiger partial charge in [0.25, 0.3) is 0 Å². The van der Waals surface area contributed by atoms with Crippen LogP contribution in [0.4, 0.5) is 5.82 Å². The summed E-state index contributed by atoms with van der Waals surface area (Å²) in [4.78, 5) is 12.3. The van der Waals surface area contributed by atoms with Crippen LogP contribution >= 0.6 is 0 Å². The molecular weight excluding hydrogens is 410 g/mol. The minimum atomic E-state index is -3.41. The molecule has 3 aromatic rings. The average molecular weight is 438 g/mol. The number of rotatable bonds is 6. The van der Waals surface area contributed by atoms with E-state index in [2.05, 4.69) is 27.1 Å². The van der Waals surface area contributed by atoms with Gasteiger partial charge in [-0.3, -0.25) is 4.31 Å². The predicted molar refractivity (Wildman–Crippen MR) is 122 cm³/mol. The van der Waals surface area contributed by atoms with Gasteiger partial charge in [-0.1, -0.05) is 25.3 Å². The number of nitrogens with zero attached hydrogens (tertiary/aromatic N) is 4. The summed E-state index contributed by atoms with van der Waals surface area (Å²) in [5.74, 6) is 0.945. The van der Waals surface area contributed by atoms with Crippen molar-refractivity contribution in [3.63, 3.8) is 0 Å². The molecule has 1 aliphatic rings. The molecule has 1 aliphatic carbocycles. The highest BCUT2D eigenvalue weighted by atomic mass is 32.2. The predicted octanol–water partition coefficient (Wildman–Crippen LogP) is 4.06. The van der Waals surface area contributed by atoms with Crippen LogP contribution in [0.5, 0.6) is 0 Å². The zero-order valence-corrected chi connectivity index (χ0v) is 18.7. The van der Waals surface area contributed by atoms with Gasteiger partial charge in [-0.15, -0.1) is 0 Å². The SMILES string of the molecule is CN(c1ncccc1CCc1c(C#N)cnc2[nH]c(C3CCCCC3)cc12)S(C)(=O)=O. The first-order valence-corrected chi connectivity index (χ1v) is 12.5. The number of hydrogen-bond acceptors (Lipinski definition) is 5. The Kier molecular flexibility index (Phi) is 5.96. The van der Waals surface area contributed by atoms with Crippen LogP contribution in [0.25, 0.3) is 11.0 Å². The van der Waals surface area contributed by atoms with E-state index >= 15 is 0 Å². The van der Waals surface area contributed by atoms with Crippen LogP contribution in [0.1, 0.15) is 60.4 Å². The van der Waals surface area contributed by atoms with Gasteiger partial charge < -0.3 is 4.98 Å². The number of anilines is 1. The first-order chi connectivity index (χ1) is 14.9. The normalized spacial score (nSPS) is 15.1. The lowest BCUT2D eigenvalue weighted by Gasteiger charge is -2.20. The molecule has 0 aliphatic heterocycles. The Bertz CT molecular complexity index is 1240. The summed E-state index contributed by atoms with van der Waals surface area (Å²) in [5, 5.41) is 10.7. The van der Waals surface area contributed by atoms with Gasteiger partial charge in [0.15, 0.2) is 0 Å². The Hall–Kier alpha value is -2.92. The van der Waals surface area contributed by atoms with Gasteiger partial charge in [-0.25, -0.2) is 18.4 Å². The van der Waals surface area contributed by atoms with Crippen molar-refractivity contribution in [2.75, 3.05) is 17.6 Å². The summed E-state index contributed by atoms with van der Waals surface area (Å²) in [7, 11) is -1.91. The number of aromatic amines is 1. The summed E-state index contributed by atoms with van der Waals surface area (Å²) in [5.41, 5.74) is 4.35. The molecule has 0 radical (unpaired) electrons. The maximum atomic E-state index is 12.0. The third-order valence-corrected chi connectivity index (χ3v) is 7.43. The van der Waals surface area contributed by atoms with Crippen molar-refractivity contribution in [1.29, 1.82) is 5.26 Å². The zero-order chi connectivity index (χ0) is 22.0. The van der Waals surface area contributed by atoms with Crippen LogP contribution in [-0.2, 0) is 22.9 Å². The van der Waals surface area contributed by atoms with Crippen molar-refractivity contribution >= 4 is 26.9 Å². The first kappa shape index (κ1) is 21.3. The van der Waals surface area contributed by atoms with Crippen LogP contribution in [0.15, 0.2) is 30.6 Å². The average Bonchev–Trinajstić information content (AvgIpc) is 3.21. The fraction of sp³-hybridized carbons (Fsp3) is 0.435. The van der Waals surface area contributed by atoms with Crippen molar-refractivity contribution in [2.24, 2.45) is 0 Å². The van der Waals surface area contributed by atoms with E-state index in [1.54, 1.807) is 18.5 Å². The molecule has 1 fully saturated rings. The van der Waals surface area contributed by atoms with Gasteiger partial charge in [-0.2, -0.15) is 5.26 Å². The third kappa shape index (κ3) is 4.42. The number of sulfonamides is 1. The molecular formula is C23H27N5O2S. The van der Waals surface area contributed by atoms with Crippen molar-refractivity contribution in [3.8, 4) is 6.07 Å². The summed E-state index contributed by atoms with van der Waals surface area (Å²) >= 11 is 0. The van der Waals surface area contributed by atoms with E-state index in [0.717, 1.165) is 28.4 Å². The van der Waals surface area contributed by atoms with Crippen molar-refractivity contribution in [1.82, 2.24) is 15.0 Å². The van der Waals surface area contributed by atoms with Crippen LogP contribution in [0.3, 0.4) is 0 Å². The lowest BCUT2D eigenvalue weighted by Crippen LogP contribution is -2.27. The summed E-state index contributed by atoms with van der Waals surface area (Å²) < 4.78 is 25.2.